The maximum atomic E-state index is 12.2. The number of hydrogen-bond acceptors (Lipinski definition) is 2. The van der Waals surface area contributed by atoms with Crippen LogP contribution in [0.4, 0.5) is 5.69 Å². The van der Waals surface area contributed by atoms with E-state index in [9.17, 15) is 9.59 Å². The van der Waals surface area contributed by atoms with Crippen LogP contribution in [0.25, 0.3) is 0 Å². The third kappa shape index (κ3) is 3.36. The maximum Gasteiger partial charge on any atom is 0.256 e. The summed E-state index contributed by atoms with van der Waals surface area (Å²) < 4.78 is 2.33. The first-order chi connectivity index (χ1) is 9.61. The van der Waals surface area contributed by atoms with Crippen molar-refractivity contribution in [3.8, 4) is 0 Å². The summed E-state index contributed by atoms with van der Waals surface area (Å²) in [4.78, 5) is 23.8. The Bertz CT molecular complexity index is 680. The molecule has 0 aliphatic heterocycles. The number of rotatable bonds is 4. The molecule has 1 aromatic carbocycles. The first-order valence-corrected chi connectivity index (χ1v) is 7.17. The predicted molar refractivity (Wildman–Crippen MR) is 83.1 cm³/mol. The van der Waals surface area contributed by atoms with Gasteiger partial charge in [0.1, 0.15) is 0 Å². The fourth-order valence-electron chi connectivity index (χ4n) is 1.86. The Morgan fingerprint density at radius 2 is 2.00 bits per heavy atom. The minimum absolute atomic E-state index is 0.0641. The normalized spacial score (nSPS) is 10.3. The summed E-state index contributed by atoms with van der Waals surface area (Å²) in [6, 6.07) is 10.3. The van der Waals surface area contributed by atoms with Gasteiger partial charge in [0.25, 0.3) is 11.5 Å². The number of benzene rings is 1. The second-order valence-electron chi connectivity index (χ2n) is 4.38. The zero-order valence-corrected chi connectivity index (χ0v) is 12.7. The van der Waals surface area contributed by atoms with E-state index in [1.807, 2.05) is 19.1 Å². The monoisotopic (exact) mass is 334 g/mol. The highest BCUT2D eigenvalue weighted by atomic mass is 79.9. The molecule has 1 heterocycles. The molecular formula is C15H15BrN2O2. The number of carbonyl (C=O) groups is 1. The van der Waals surface area contributed by atoms with Crippen molar-refractivity contribution in [1.29, 1.82) is 0 Å². The molecular weight excluding hydrogens is 320 g/mol. The SMILES string of the molecule is CCCn1cc(NC(=O)c2ccccc2Br)ccc1=O. The molecule has 0 aliphatic carbocycles. The number of amides is 1. The molecule has 0 spiro atoms. The van der Waals surface area contributed by atoms with Gasteiger partial charge < -0.3 is 9.88 Å². The molecule has 0 saturated heterocycles. The molecule has 0 bridgehead atoms. The summed E-state index contributed by atoms with van der Waals surface area (Å²) in [6.45, 7) is 2.64. The Morgan fingerprint density at radius 3 is 2.70 bits per heavy atom. The second-order valence-corrected chi connectivity index (χ2v) is 5.24. The van der Waals surface area contributed by atoms with Gasteiger partial charge in [-0.2, -0.15) is 0 Å². The lowest BCUT2D eigenvalue weighted by molar-refractivity contribution is 0.102. The van der Waals surface area contributed by atoms with Gasteiger partial charge in [-0.05, 0) is 40.5 Å². The Kier molecular flexibility index (Phi) is 4.74. The molecule has 1 amide bonds. The average molecular weight is 335 g/mol. The molecule has 1 N–H and O–H groups in total. The van der Waals surface area contributed by atoms with Crippen LogP contribution in [0.5, 0.6) is 0 Å². The minimum atomic E-state index is -0.209. The van der Waals surface area contributed by atoms with Crippen molar-refractivity contribution in [1.82, 2.24) is 4.57 Å². The van der Waals surface area contributed by atoms with Gasteiger partial charge in [0, 0.05) is 23.3 Å². The van der Waals surface area contributed by atoms with Crippen LogP contribution < -0.4 is 10.9 Å². The van der Waals surface area contributed by atoms with Gasteiger partial charge in [0.05, 0.1) is 11.3 Å². The van der Waals surface area contributed by atoms with E-state index in [0.717, 1.165) is 10.9 Å². The third-order valence-electron chi connectivity index (χ3n) is 2.82. The smallest absolute Gasteiger partial charge is 0.256 e. The number of pyridine rings is 1. The summed E-state index contributed by atoms with van der Waals surface area (Å²) in [5, 5.41) is 2.80. The lowest BCUT2D eigenvalue weighted by Gasteiger charge is -2.09. The van der Waals surface area contributed by atoms with Crippen LogP contribution in [0.15, 0.2) is 51.9 Å². The Morgan fingerprint density at radius 1 is 1.25 bits per heavy atom. The molecule has 5 heteroatoms. The van der Waals surface area contributed by atoms with E-state index in [2.05, 4.69) is 21.2 Å². The average Bonchev–Trinajstić information content (AvgIpc) is 2.43. The predicted octanol–water partition coefficient (Wildman–Crippen LogP) is 3.27. The van der Waals surface area contributed by atoms with Gasteiger partial charge in [0.15, 0.2) is 0 Å². The minimum Gasteiger partial charge on any atom is -0.321 e. The van der Waals surface area contributed by atoms with Crippen LogP contribution in [0.2, 0.25) is 0 Å². The van der Waals surface area contributed by atoms with Gasteiger partial charge in [-0.1, -0.05) is 19.1 Å². The highest BCUT2D eigenvalue weighted by molar-refractivity contribution is 9.10. The van der Waals surface area contributed by atoms with E-state index in [0.29, 0.717) is 17.8 Å². The molecule has 2 aromatic rings. The van der Waals surface area contributed by atoms with E-state index in [-0.39, 0.29) is 11.5 Å². The number of nitrogens with one attached hydrogen (secondary N) is 1. The Balaban J connectivity index is 2.22. The van der Waals surface area contributed by atoms with Gasteiger partial charge in [0.2, 0.25) is 0 Å². The number of aryl methyl sites for hydroxylation is 1. The van der Waals surface area contributed by atoms with E-state index in [4.69, 9.17) is 0 Å². The summed E-state index contributed by atoms with van der Waals surface area (Å²) >= 11 is 3.35. The number of nitrogens with zero attached hydrogens (tertiary/aromatic N) is 1. The molecule has 0 radical (unpaired) electrons. The Hall–Kier alpha value is -1.88. The quantitative estimate of drug-likeness (QED) is 0.932. The summed E-state index contributed by atoms with van der Waals surface area (Å²) in [5.41, 5.74) is 1.10. The fourth-order valence-corrected chi connectivity index (χ4v) is 2.33. The van der Waals surface area contributed by atoms with Crippen molar-refractivity contribution >= 4 is 27.5 Å². The van der Waals surface area contributed by atoms with Gasteiger partial charge >= 0.3 is 0 Å². The topological polar surface area (TPSA) is 51.1 Å². The van der Waals surface area contributed by atoms with Crippen LogP contribution in [-0.2, 0) is 6.54 Å². The van der Waals surface area contributed by atoms with Crippen molar-refractivity contribution in [2.75, 3.05) is 5.32 Å². The fraction of sp³-hybridized carbons (Fsp3) is 0.200. The largest absolute Gasteiger partial charge is 0.321 e. The van der Waals surface area contributed by atoms with Crippen LogP contribution in [0, 0.1) is 0 Å². The summed E-state index contributed by atoms with van der Waals surface area (Å²) in [7, 11) is 0. The molecule has 0 fully saturated rings. The van der Waals surface area contributed by atoms with Crippen LogP contribution in [0.3, 0.4) is 0 Å². The standard InChI is InChI=1S/C15H15BrN2O2/c1-2-9-18-10-11(7-8-14(18)19)17-15(20)12-5-3-4-6-13(12)16/h3-8,10H,2,9H2,1H3,(H,17,20). The van der Waals surface area contributed by atoms with Crippen LogP contribution >= 0.6 is 15.9 Å². The maximum absolute atomic E-state index is 12.2. The highest BCUT2D eigenvalue weighted by Gasteiger charge is 2.09. The van der Waals surface area contributed by atoms with Crippen molar-refractivity contribution < 1.29 is 4.79 Å². The van der Waals surface area contributed by atoms with E-state index < -0.39 is 0 Å². The lowest BCUT2D eigenvalue weighted by atomic mass is 10.2. The first kappa shape index (κ1) is 14.5. The van der Waals surface area contributed by atoms with E-state index in [1.165, 1.54) is 6.07 Å². The number of hydrogen-bond donors (Lipinski definition) is 1. The van der Waals surface area contributed by atoms with Crippen LogP contribution in [-0.4, -0.2) is 10.5 Å². The summed E-state index contributed by atoms with van der Waals surface area (Å²) in [6.07, 6.45) is 2.53. The van der Waals surface area contributed by atoms with Gasteiger partial charge in [-0.25, -0.2) is 0 Å². The van der Waals surface area contributed by atoms with E-state index >= 15 is 0 Å². The number of aromatic nitrogens is 1. The molecule has 0 atom stereocenters. The number of anilines is 1. The molecule has 0 aliphatic rings. The number of halogens is 1. The molecule has 1 aromatic heterocycles. The summed E-state index contributed by atoms with van der Waals surface area (Å²) in [5.74, 6) is -0.209. The number of carbonyl (C=O) groups excluding carboxylic acids is 1. The molecule has 104 valence electrons. The molecule has 4 nitrogen and oxygen atoms in total. The Labute approximate surface area is 125 Å². The van der Waals surface area contributed by atoms with Crippen molar-refractivity contribution in [3.63, 3.8) is 0 Å². The second kappa shape index (κ2) is 6.52. The van der Waals surface area contributed by atoms with Crippen LogP contribution in [0.1, 0.15) is 23.7 Å². The lowest BCUT2D eigenvalue weighted by Crippen LogP contribution is -2.20. The van der Waals surface area contributed by atoms with Gasteiger partial charge in [-0.3, -0.25) is 9.59 Å². The van der Waals surface area contributed by atoms with Crippen molar-refractivity contribution in [2.24, 2.45) is 0 Å². The first-order valence-electron chi connectivity index (χ1n) is 6.38. The highest BCUT2D eigenvalue weighted by Crippen LogP contribution is 2.17. The molecule has 20 heavy (non-hydrogen) atoms. The zero-order chi connectivity index (χ0) is 14.5. The zero-order valence-electron chi connectivity index (χ0n) is 11.1. The molecule has 0 unspecified atom stereocenters. The molecule has 2 rings (SSSR count). The van der Waals surface area contributed by atoms with Crippen molar-refractivity contribution in [2.45, 2.75) is 19.9 Å². The van der Waals surface area contributed by atoms with E-state index in [1.54, 1.807) is 29.0 Å². The molecule has 0 saturated carbocycles. The third-order valence-corrected chi connectivity index (χ3v) is 3.52. The van der Waals surface area contributed by atoms with Gasteiger partial charge in [-0.15, -0.1) is 0 Å². The van der Waals surface area contributed by atoms with Crippen molar-refractivity contribution in [3.05, 3.63) is 63.0 Å².